The molecular formula is C54H85N11O14S. The fourth-order valence-electron chi connectivity index (χ4n) is 8.13. The number of hydrogen-bond acceptors (Lipinski definition) is 16. The standard InChI is InChI=1S/C54H85N11O14S/c1-6-32(4)45(53(77)62-40(28-33-14-8-7-9-15-33)50(74)61-41(29-34-18-20-35(67)21-19-34)51(75)64-44(31(2)3)54(78)79)65-49(73)37(17-11-13-26-56)59-47(71)38(22-23-43(68)69)60-52(76)42(30-66)63-48(72)39(24-27-80-5)58-46(70)36(57)16-10-12-25-55/h7-9,14-15,18-21,31-32,36-42,44-45,66-67H,6,10-13,16-17,22-30,55-57H2,1-5H3,(H,58,70)(H,59,71)(H,60,76)(H,61,74)(H,62,77)(H,63,72)(H,64,75)(H,65,73)(H,68,69)(H,78,79)/t32-,36-,37-,38-,39-,40-,41-,42-,44-,45-/m0/s1. The first-order valence-electron chi connectivity index (χ1n) is 26.9. The number of aliphatic hydroxyl groups excluding tert-OH is 1. The van der Waals surface area contributed by atoms with E-state index in [1.165, 1.54) is 36.0 Å². The number of thioether (sulfide) groups is 1. The molecule has 0 unspecified atom stereocenters. The maximum absolute atomic E-state index is 14.5. The summed E-state index contributed by atoms with van der Waals surface area (Å²) in [7, 11) is 0. The number of carbonyl (C=O) groups is 10. The average molecular weight is 1140 g/mol. The van der Waals surface area contributed by atoms with Crippen molar-refractivity contribution in [3.8, 4) is 5.75 Å². The van der Waals surface area contributed by atoms with Gasteiger partial charge in [-0.3, -0.25) is 43.2 Å². The number of aliphatic carboxylic acids is 2. The van der Waals surface area contributed by atoms with Gasteiger partial charge in [0.15, 0.2) is 0 Å². The number of hydrogen-bond donors (Lipinski definition) is 15. The molecule has 0 saturated heterocycles. The fraction of sp³-hybridized carbons (Fsp3) is 0.593. The molecule has 2 aromatic rings. The molecular weight excluding hydrogens is 1060 g/mol. The van der Waals surface area contributed by atoms with Gasteiger partial charge in [0.25, 0.3) is 0 Å². The van der Waals surface area contributed by atoms with Crippen molar-refractivity contribution in [2.45, 2.75) is 159 Å². The van der Waals surface area contributed by atoms with Crippen LogP contribution in [0.5, 0.6) is 5.75 Å². The van der Waals surface area contributed by atoms with E-state index >= 15 is 0 Å². The zero-order valence-corrected chi connectivity index (χ0v) is 47.2. The van der Waals surface area contributed by atoms with E-state index in [9.17, 15) is 68.4 Å². The molecule has 80 heavy (non-hydrogen) atoms. The minimum atomic E-state index is -1.70. The van der Waals surface area contributed by atoms with Gasteiger partial charge in [-0.2, -0.15) is 11.8 Å². The topological polar surface area (TPSA) is 426 Å². The summed E-state index contributed by atoms with van der Waals surface area (Å²) in [6.07, 6.45) is 2.90. The lowest BCUT2D eigenvalue weighted by atomic mass is 9.96. The molecule has 0 aliphatic heterocycles. The van der Waals surface area contributed by atoms with Crippen molar-refractivity contribution >= 4 is 71.0 Å². The van der Waals surface area contributed by atoms with Crippen LogP contribution in [0.1, 0.15) is 103 Å². The van der Waals surface area contributed by atoms with Gasteiger partial charge in [-0.25, -0.2) is 4.79 Å². The zero-order chi connectivity index (χ0) is 59.9. The molecule has 0 aliphatic rings. The number of unbranched alkanes of at least 4 members (excludes halogenated alkanes) is 2. The first-order chi connectivity index (χ1) is 38.0. The summed E-state index contributed by atoms with van der Waals surface area (Å²) in [5.41, 5.74) is 18.4. The quantitative estimate of drug-likeness (QED) is 0.0358. The van der Waals surface area contributed by atoms with Gasteiger partial charge in [-0.1, -0.05) is 83.0 Å². The predicted molar refractivity (Wildman–Crippen MR) is 300 cm³/mol. The summed E-state index contributed by atoms with van der Waals surface area (Å²) >= 11 is 1.38. The minimum absolute atomic E-state index is 0.0541. The molecule has 0 radical (unpaired) electrons. The van der Waals surface area contributed by atoms with Crippen LogP contribution in [0, 0.1) is 11.8 Å². The van der Waals surface area contributed by atoms with E-state index in [0.29, 0.717) is 55.5 Å². The number of amides is 8. The number of carboxylic acid groups (broad SMARTS) is 2. The van der Waals surface area contributed by atoms with Crippen LogP contribution in [-0.2, 0) is 60.8 Å². The van der Waals surface area contributed by atoms with E-state index in [4.69, 9.17) is 17.2 Å². The molecule has 10 atom stereocenters. The van der Waals surface area contributed by atoms with Gasteiger partial charge >= 0.3 is 11.9 Å². The third-order valence-electron chi connectivity index (χ3n) is 13.2. The third-order valence-corrected chi connectivity index (χ3v) is 13.8. The highest BCUT2D eigenvalue weighted by Gasteiger charge is 2.37. The molecule has 446 valence electrons. The van der Waals surface area contributed by atoms with Crippen LogP contribution in [0.4, 0.5) is 0 Å². The van der Waals surface area contributed by atoms with Crippen LogP contribution in [0.25, 0.3) is 0 Å². The van der Waals surface area contributed by atoms with Crippen LogP contribution >= 0.6 is 11.8 Å². The monoisotopic (exact) mass is 1140 g/mol. The van der Waals surface area contributed by atoms with Crippen molar-refractivity contribution in [3.05, 3.63) is 65.7 Å². The number of rotatable bonds is 39. The highest BCUT2D eigenvalue weighted by molar-refractivity contribution is 7.98. The molecule has 2 aromatic carbocycles. The Morgan fingerprint density at radius 1 is 0.525 bits per heavy atom. The van der Waals surface area contributed by atoms with Gasteiger partial charge in [-0.05, 0) is 105 Å². The minimum Gasteiger partial charge on any atom is -0.508 e. The van der Waals surface area contributed by atoms with E-state index in [2.05, 4.69) is 42.5 Å². The Labute approximate surface area is 471 Å². The van der Waals surface area contributed by atoms with Crippen molar-refractivity contribution < 1.29 is 68.4 Å². The van der Waals surface area contributed by atoms with E-state index in [0.717, 1.165) is 0 Å². The molecule has 25 nitrogen and oxygen atoms in total. The number of nitrogens with one attached hydrogen (secondary N) is 8. The van der Waals surface area contributed by atoms with Gasteiger partial charge < -0.3 is 80.2 Å². The Balaban J connectivity index is 2.48. The summed E-state index contributed by atoms with van der Waals surface area (Å²) < 4.78 is 0. The second-order valence-corrected chi connectivity index (χ2v) is 20.9. The van der Waals surface area contributed by atoms with Gasteiger partial charge in [0.05, 0.1) is 12.6 Å². The number of benzene rings is 2. The second kappa shape index (κ2) is 37.1. The largest absolute Gasteiger partial charge is 0.508 e. The number of phenols is 1. The Morgan fingerprint density at radius 3 is 1.48 bits per heavy atom. The molecule has 26 heteroatoms. The molecule has 18 N–H and O–H groups in total. The normalized spacial score (nSPS) is 14.9. The van der Waals surface area contributed by atoms with Crippen molar-refractivity contribution in [3.63, 3.8) is 0 Å². The van der Waals surface area contributed by atoms with Gasteiger partial charge in [-0.15, -0.1) is 0 Å². The number of aliphatic hydroxyl groups is 1. The lowest BCUT2D eigenvalue weighted by Crippen LogP contribution is -2.61. The summed E-state index contributed by atoms with van der Waals surface area (Å²) in [4.78, 5) is 135. The van der Waals surface area contributed by atoms with Gasteiger partial charge in [0, 0.05) is 19.3 Å². The maximum atomic E-state index is 14.5. The van der Waals surface area contributed by atoms with Crippen LogP contribution in [0.3, 0.4) is 0 Å². The number of aromatic hydroxyl groups is 1. The van der Waals surface area contributed by atoms with Crippen LogP contribution in [0.2, 0.25) is 0 Å². The van der Waals surface area contributed by atoms with Crippen molar-refractivity contribution in [1.29, 1.82) is 0 Å². The predicted octanol–water partition coefficient (Wildman–Crippen LogP) is -0.962. The lowest BCUT2D eigenvalue weighted by molar-refractivity contribution is -0.143. The van der Waals surface area contributed by atoms with E-state index < -0.39 is 145 Å². The van der Waals surface area contributed by atoms with Crippen molar-refractivity contribution in [2.75, 3.05) is 31.7 Å². The first-order valence-corrected chi connectivity index (χ1v) is 28.3. The van der Waals surface area contributed by atoms with Crippen molar-refractivity contribution in [1.82, 2.24) is 42.5 Å². The van der Waals surface area contributed by atoms with Gasteiger partial charge in [0.2, 0.25) is 47.3 Å². The average Bonchev–Trinajstić information content (AvgIpc) is 3.42. The number of carbonyl (C=O) groups excluding carboxylic acids is 8. The van der Waals surface area contributed by atoms with E-state index in [1.807, 2.05) is 0 Å². The SMILES string of the molecule is CC[C@H](C)[C@H](NC(=O)[C@H](CCCCN)NC(=O)[C@H](CCC(=O)O)NC(=O)[C@H](CO)NC(=O)[C@H](CCSC)NC(=O)[C@@H](N)CCCCN)C(=O)N[C@@H](Cc1ccccc1)C(=O)N[C@@H](Cc1ccc(O)cc1)C(=O)N[C@H](C(=O)O)C(C)C. The number of carboxylic acids is 2. The first kappa shape index (κ1) is 69.2. The summed E-state index contributed by atoms with van der Waals surface area (Å²) in [5, 5.41) is 60.2. The van der Waals surface area contributed by atoms with Crippen LogP contribution in [0.15, 0.2) is 54.6 Å². The smallest absolute Gasteiger partial charge is 0.326 e. The maximum Gasteiger partial charge on any atom is 0.326 e. The molecule has 0 aromatic heterocycles. The molecule has 0 spiro atoms. The summed E-state index contributed by atoms with van der Waals surface area (Å²) in [5.74, 6) is -10.4. The molecule has 2 rings (SSSR count). The Bertz CT molecular complexity index is 2320. The second-order valence-electron chi connectivity index (χ2n) is 19.9. The zero-order valence-electron chi connectivity index (χ0n) is 46.4. The Kier molecular flexibility index (Phi) is 32.1. The van der Waals surface area contributed by atoms with Crippen LogP contribution in [-0.4, -0.2) is 166 Å². The number of nitrogens with two attached hydrogens (primary N) is 3. The highest BCUT2D eigenvalue weighted by atomic mass is 32.2. The fourth-order valence-corrected chi connectivity index (χ4v) is 8.60. The van der Waals surface area contributed by atoms with Gasteiger partial charge in [0.1, 0.15) is 54.1 Å². The van der Waals surface area contributed by atoms with Crippen LogP contribution < -0.4 is 59.7 Å². The molecule has 0 heterocycles. The highest BCUT2D eigenvalue weighted by Crippen LogP contribution is 2.16. The molecule has 0 saturated carbocycles. The van der Waals surface area contributed by atoms with E-state index in [-0.39, 0.29) is 44.4 Å². The molecule has 0 aliphatic carbocycles. The lowest BCUT2D eigenvalue weighted by Gasteiger charge is -2.30. The molecule has 8 amide bonds. The summed E-state index contributed by atoms with van der Waals surface area (Å²) in [6.45, 7) is 6.23. The Morgan fingerprint density at radius 2 is 0.963 bits per heavy atom. The molecule has 0 fully saturated rings. The van der Waals surface area contributed by atoms with Crippen molar-refractivity contribution in [2.24, 2.45) is 29.0 Å². The Hall–Kier alpha value is -6.87. The van der Waals surface area contributed by atoms with E-state index in [1.54, 1.807) is 64.3 Å². The molecule has 0 bridgehead atoms. The summed E-state index contributed by atoms with van der Waals surface area (Å²) in [6, 6.07) is 2.01. The number of phenolic OH excluding ortho intramolecular Hbond substituents is 1. The third kappa shape index (κ3) is 25.1.